The number of carbonyl (C=O) groups excluding carboxylic acids is 1. The summed E-state index contributed by atoms with van der Waals surface area (Å²) in [7, 11) is 3.53. The fraction of sp³-hybridized carbons (Fsp3) is 0.825. The van der Waals surface area contributed by atoms with E-state index >= 15 is 0 Å². The summed E-state index contributed by atoms with van der Waals surface area (Å²) in [6, 6.07) is -2.42. The van der Waals surface area contributed by atoms with Gasteiger partial charge in [-0.3, -0.25) is 38.5 Å². The van der Waals surface area contributed by atoms with E-state index in [4.69, 9.17) is 47.8 Å². The third kappa shape index (κ3) is 50.3. The first-order chi connectivity index (χ1) is 28.4. The van der Waals surface area contributed by atoms with Crippen LogP contribution in [-0.4, -0.2) is 171 Å². The summed E-state index contributed by atoms with van der Waals surface area (Å²) < 4.78 is 0. The predicted octanol–water partition coefficient (Wildman–Crippen LogP) is 0.358. The van der Waals surface area contributed by atoms with Gasteiger partial charge in [0.2, 0.25) is 5.91 Å². The van der Waals surface area contributed by atoms with E-state index < -0.39 is 78.4 Å². The first-order valence-corrected chi connectivity index (χ1v) is 20.9. The number of carboxylic acid groups (broad SMARTS) is 6. The molecule has 0 rings (SSSR count). The molecule has 0 spiro atoms. The molecule has 0 bridgehead atoms. The van der Waals surface area contributed by atoms with Gasteiger partial charge in [0.15, 0.2) is 0 Å². The van der Waals surface area contributed by atoms with E-state index in [1.165, 1.54) is 0 Å². The first-order valence-electron chi connectivity index (χ1n) is 20.9. The van der Waals surface area contributed by atoms with Crippen molar-refractivity contribution in [2.45, 2.75) is 181 Å². The van der Waals surface area contributed by atoms with E-state index in [0.29, 0.717) is 38.0 Å². The van der Waals surface area contributed by atoms with Gasteiger partial charge in [-0.05, 0) is 52.9 Å². The quantitative estimate of drug-likeness (QED) is 0.0451. The van der Waals surface area contributed by atoms with Crippen molar-refractivity contribution in [2.24, 2.45) is 17.2 Å². The number of aliphatic carboxylic acids is 6. The number of unbranched alkanes of at least 4 members (excludes halogenated alkanes) is 2. The molecule has 5 unspecified atom stereocenters. The van der Waals surface area contributed by atoms with Crippen LogP contribution in [0.3, 0.4) is 0 Å². The lowest BCUT2D eigenvalue weighted by Crippen LogP contribution is -2.45. The number of nitrogens with zero attached hydrogens (tertiary/aromatic N) is 1. The fourth-order valence-corrected chi connectivity index (χ4v) is 4.63. The molecule has 0 aromatic rings. The molecule has 0 heterocycles. The number of hydrogen-bond donors (Lipinski definition) is 14. The molecular formula is C40H85N9O13. The second-order valence-corrected chi connectivity index (χ2v) is 16.1. The average Bonchev–Trinajstić information content (AvgIpc) is 3.10. The maximum atomic E-state index is 10.7. The van der Waals surface area contributed by atoms with Crippen molar-refractivity contribution in [1.82, 2.24) is 31.5 Å². The minimum absolute atomic E-state index is 0.0189. The molecule has 0 saturated carbocycles. The normalized spacial score (nSPS) is 13.2. The summed E-state index contributed by atoms with van der Waals surface area (Å²) in [5.41, 5.74) is 15.5. The third-order valence-electron chi connectivity index (χ3n) is 7.67. The number of carbonyl (C=O) groups is 7. The predicted molar refractivity (Wildman–Crippen MR) is 239 cm³/mol. The van der Waals surface area contributed by atoms with Crippen molar-refractivity contribution in [3.05, 3.63) is 0 Å². The lowest BCUT2D eigenvalue weighted by Gasteiger charge is -2.21. The van der Waals surface area contributed by atoms with Crippen molar-refractivity contribution in [1.29, 1.82) is 0 Å². The number of nitrogens with one attached hydrogen (secondary N) is 5. The van der Waals surface area contributed by atoms with Crippen LogP contribution in [0.4, 0.5) is 0 Å². The van der Waals surface area contributed by atoms with E-state index in [1.54, 1.807) is 46.7 Å². The average molecular weight is 900 g/mol. The highest BCUT2D eigenvalue weighted by Gasteiger charge is 2.22. The van der Waals surface area contributed by atoms with Crippen LogP contribution in [0.5, 0.6) is 0 Å². The summed E-state index contributed by atoms with van der Waals surface area (Å²) in [5.74, 6) is -6.38. The standard InChI is InChI=1S/2C9H20N2O2.C8H18N2O2.C7H14N2O3.C7H13NO4/c1-7(2)11-6-4-3-5-8(10)9(12)13;1-7(2)11-8(9(12)13)5-3-4-6-10;1-6(2)9-5-7(8(11)12)10(3)4;1-4(2)9-5(7(11)12)3-6(8)10;1-4(2)8-5(7(11)12)3-6(9)10/h2*7-8,11H,3-6,10H2,1-2H3,(H,12,13);6-7,9H,5H2,1-4H3,(H,11,12);4-5,9H,3H2,1-2H3,(H2,8,10)(H,11,12);4-5,8H,3H2,1-2H3,(H,9,10)(H,11,12). The number of hydrogen-bond acceptors (Lipinski definition) is 15. The highest BCUT2D eigenvalue weighted by Crippen LogP contribution is 2.02. The number of amides is 1. The fourth-order valence-electron chi connectivity index (χ4n) is 4.63. The Kier molecular flexibility index (Phi) is 44.4. The van der Waals surface area contributed by atoms with Crippen LogP contribution < -0.4 is 43.8 Å². The highest BCUT2D eigenvalue weighted by molar-refractivity contribution is 5.83. The molecule has 0 fully saturated rings. The molecule has 368 valence electrons. The van der Waals surface area contributed by atoms with Gasteiger partial charge in [-0.25, -0.2) is 0 Å². The van der Waals surface area contributed by atoms with Crippen LogP contribution in [0.2, 0.25) is 0 Å². The summed E-state index contributed by atoms with van der Waals surface area (Å²) in [5, 5.41) is 66.3. The number of carboxylic acids is 6. The third-order valence-corrected chi connectivity index (χ3v) is 7.67. The van der Waals surface area contributed by atoms with Crippen LogP contribution in [0, 0.1) is 0 Å². The number of primary amides is 1. The minimum atomic E-state index is -1.13. The van der Waals surface area contributed by atoms with E-state index in [1.807, 2.05) is 27.7 Å². The first kappa shape index (κ1) is 67.1. The molecule has 0 aliphatic heterocycles. The second-order valence-electron chi connectivity index (χ2n) is 16.1. The zero-order valence-corrected chi connectivity index (χ0v) is 39.3. The molecule has 22 heteroatoms. The van der Waals surface area contributed by atoms with Gasteiger partial charge in [0.25, 0.3) is 0 Å². The molecule has 62 heavy (non-hydrogen) atoms. The summed E-state index contributed by atoms with van der Waals surface area (Å²) in [6.45, 7) is 21.2. The van der Waals surface area contributed by atoms with E-state index in [-0.39, 0.29) is 24.5 Å². The Bertz CT molecular complexity index is 1180. The van der Waals surface area contributed by atoms with Crippen LogP contribution in [-0.2, 0) is 33.6 Å². The zero-order chi connectivity index (χ0) is 49.7. The summed E-state index contributed by atoms with van der Waals surface area (Å²) in [4.78, 5) is 75.0. The largest absolute Gasteiger partial charge is 0.481 e. The molecule has 5 atom stereocenters. The lowest BCUT2D eigenvalue weighted by molar-refractivity contribution is -0.146. The molecular weight excluding hydrogens is 814 g/mol. The monoisotopic (exact) mass is 900 g/mol. The number of nitrogens with two attached hydrogens (primary N) is 3. The van der Waals surface area contributed by atoms with Crippen molar-refractivity contribution >= 4 is 41.7 Å². The Labute approximate surface area is 368 Å². The van der Waals surface area contributed by atoms with Crippen molar-refractivity contribution in [2.75, 3.05) is 33.7 Å². The maximum Gasteiger partial charge on any atom is 0.322 e. The van der Waals surface area contributed by atoms with Crippen molar-refractivity contribution < 1.29 is 64.2 Å². The lowest BCUT2D eigenvalue weighted by atomic mass is 10.1. The van der Waals surface area contributed by atoms with Gasteiger partial charge in [0.05, 0.1) is 12.8 Å². The zero-order valence-electron chi connectivity index (χ0n) is 39.3. The topological polar surface area (TPSA) is 382 Å². The van der Waals surface area contributed by atoms with E-state index in [9.17, 15) is 33.6 Å². The van der Waals surface area contributed by atoms with Gasteiger partial charge in [-0.1, -0.05) is 82.1 Å². The van der Waals surface area contributed by atoms with Gasteiger partial charge in [-0.15, -0.1) is 0 Å². The van der Waals surface area contributed by atoms with Crippen LogP contribution in [0.1, 0.15) is 121 Å². The highest BCUT2D eigenvalue weighted by atomic mass is 16.4. The van der Waals surface area contributed by atoms with Crippen LogP contribution in [0.25, 0.3) is 0 Å². The summed E-state index contributed by atoms with van der Waals surface area (Å²) in [6.07, 6.45) is 4.27. The molecule has 0 aliphatic rings. The van der Waals surface area contributed by atoms with Gasteiger partial charge >= 0.3 is 35.8 Å². The van der Waals surface area contributed by atoms with Crippen molar-refractivity contribution in [3.8, 4) is 0 Å². The Morgan fingerprint density at radius 3 is 1.23 bits per heavy atom. The Morgan fingerprint density at radius 2 is 0.919 bits per heavy atom. The molecule has 0 aliphatic carbocycles. The molecule has 0 radical (unpaired) electrons. The van der Waals surface area contributed by atoms with Crippen LogP contribution >= 0.6 is 0 Å². The van der Waals surface area contributed by atoms with Gasteiger partial charge in [-0.2, -0.15) is 0 Å². The van der Waals surface area contributed by atoms with Gasteiger partial charge in [0.1, 0.15) is 30.2 Å². The summed E-state index contributed by atoms with van der Waals surface area (Å²) >= 11 is 0. The SMILES string of the molecule is CC(C)NC(CC(=O)O)C(=O)O.CC(C)NC(CC(N)=O)C(=O)O.CC(C)NC(CCCCN)C(=O)O.CC(C)NCC(C(=O)O)N(C)C.CC(C)NCCCCC(N)C(=O)O. The van der Waals surface area contributed by atoms with E-state index in [2.05, 4.69) is 40.4 Å². The molecule has 1 amide bonds. The van der Waals surface area contributed by atoms with Crippen molar-refractivity contribution in [3.63, 3.8) is 0 Å². The van der Waals surface area contributed by atoms with Crippen LogP contribution in [0.15, 0.2) is 0 Å². The smallest absolute Gasteiger partial charge is 0.322 e. The Hall–Kier alpha value is -4.03. The molecule has 22 nitrogen and oxygen atoms in total. The Balaban J connectivity index is -0.000000218. The molecule has 17 N–H and O–H groups in total. The minimum Gasteiger partial charge on any atom is -0.481 e. The second kappa shape index (κ2) is 41.0. The number of rotatable bonds is 29. The van der Waals surface area contributed by atoms with E-state index in [0.717, 1.165) is 32.2 Å². The Morgan fingerprint density at radius 1 is 0.516 bits per heavy atom. The van der Waals surface area contributed by atoms with Gasteiger partial charge < -0.3 is 74.4 Å². The maximum absolute atomic E-state index is 10.7. The van der Waals surface area contributed by atoms with Gasteiger partial charge in [0, 0.05) is 36.8 Å². The molecule has 0 aromatic carbocycles. The number of likely N-dealkylation sites (N-methyl/N-ethyl adjacent to an activating group) is 1. The molecule has 0 aromatic heterocycles. The molecule has 0 saturated heterocycles.